The van der Waals surface area contributed by atoms with Crippen molar-refractivity contribution in [2.45, 2.75) is 51.8 Å². The van der Waals surface area contributed by atoms with Crippen molar-refractivity contribution in [2.24, 2.45) is 0 Å². The molecule has 1 aliphatic rings. The van der Waals surface area contributed by atoms with Crippen LogP contribution in [0.4, 0.5) is 0 Å². The Morgan fingerprint density at radius 1 is 1.23 bits per heavy atom. The van der Waals surface area contributed by atoms with Gasteiger partial charge in [-0.1, -0.05) is 22.9 Å². The average Bonchev–Trinajstić information content (AvgIpc) is 3.45. The molecule has 2 aromatic rings. The van der Waals surface area contributed by atoms with Gasteiger partial charge in [0.2, 0.25) is 5.91 Å². The lowest BCUT2D eigenvalue weighted by molar-refractivity contribution is -0.134. The molecule has 1 aromatic carbocycles. The molecule has 0 bridgehead atoms. The number of carbonyl (C=O) groups excluding carboxylic acids is 2. The van der Waals surface area contributed by atoms with E-state index in [-0.39, 0.29) is 30.5 Å². The highest BCUT2D eigenvalue weighted by Gasteiger charge is 2.28. The predicted octanol–water partition coefficient (Wildman–Crippen LogP) is 4.49. The van der Waals surface area contributed by atoms with E-state index in [1.54, 1.807) is 28.2 Å². The molecule has 30 heavy (non-hydrogen) atoms. The third-order valence-corrected chi connectivity index (χ3v) is 6.04. The number of furan rings is 1. The number of benzene rings is 1. The van der Waals surface area contributed by atoms with Gasteiger partial charge in [0.15, 0.2) is 0 Å². The van der Waals surface area contributed by atoms with Crippen LogP contribution in [0.3, 0.4) is 0 Å². The molecule has 3 rings (SSSR count). The Labute approximate surface area is 186 Å². The van der Waals surface area contributed by atoms with Gasteiger partial charge in [-0.15, -0.1) is 0 Å². The van der Waals surface area contributed by atoms with Gasteiger partial charge in [0, 0.05) is 29.2 Å². The maximum atomic E-state index is 13.3. The normalized spacial score (nSPS) is 17.0. The van der Waals surface area contributed by atoms with E-state index in [0.717, 1.165) is 36.1 Å². The second kappa shape index (κ2) is 10.8. The van der Waals surface area contributed by atoms with Crippen LogP contribution in [0.2, 0.25) is 0 Å². The summed E-state index contributed by atoms with van der Waals surface area (Å²) >= 11 is 3.40. The van der Waals surface area contributed by atoms with Gasteiger partial charge in [-0.3, -0.25) is 9.59 Å². The molecule has 1 fully saturated rings. The molecule has 0 N–H and O–H groups in total. The second-order valence-electron chi connectivity index (χ2n) is 7.69. The quantitative estimate of drug-likeness (QED) is 0.534. The molecule has 2 amide bonds. The van der Waals surface area contributed by atoms with Crippen molar-refractivity contribution < 1.29 is 18.7 Å². The summed E-state index contributed by atoms with van der Waals surface area (Å²) in [6.45, 7) is 5.61. The summed E-state index contributed by atoms with van der Waals surface area (Å²) in [6.07, 6.45) is 4.35. The zero-order valence-corrected chi connectivity index (χ0v) is 19.1. The zero-order valence-electron chi connectivity index (χ0n) is 17.6. The highest BCUT2D eigenvalue weighted by molar-refractivity contribution is 9.10. The fraction of sp³-hybridized carbons (Fsp3) is 0.478. The lowest BCUT2D eigenvalue weighted by Gasteiger charge is -2.32. The lowest BCUT2D eigenvalue weighted by Crippen LogP contribution is -2.47. The van der Waals surface area contributed by atoms with Crippen molar-refractivity contribution >= 4 is 27.7 Å². The summed E-state index contributed by atoms with van der Waals surface area (Å²) in [5.41, 5.74) is 0.572. The van der Waals surface area contributed by atoms with E-state index in [1.165, 1.54) is 0 Å². The number of carbonyl (C=O) groups is 2. The minimum atomic E-state index is -0.139. The average molecular weight is 477 g/mol. The molecular weight excluding hydrogens is 448 g/mol. The van der Waals surface area contributed by atoms with Crippen molar-refractivity contribution in [3.63, 3.8) is 0 Å². The van der Waals surface area contributed by atoms with Gasteiger partial charge in [0.25, 0.3) is 5.91 Å². The van der Waals surface area contributed by atoms with Crippen molar-refractivity contribution in [3.8, 4) is 0 Å². The number of amides is 2. The third-order valence-electron chi connectivity index (χ3n) is 5.51. The molecule has 0 aliphatic carbocycles. The molecule has 0 spiro atoms. The summed E-state index contributed by atoms with van der Waals surface area (Å²) in [5, 5.41) is 0. The first-order valence-corrected chi connectivity index (χ1v) is 11.3. The van der Waals surface area contributed by atoms with Crippen LogP contribution in [-0.4, -0.2) is 53.5 Å². The molecule has 0 saturated carbocycles. The molecule has 162 valence electrons. The van der Waals surface area contributed by atoms with Crippen molar-refractivity contribution in [1.82, 2.24) is 9.80 Å². The maximum Gasteiger partial charge on any atom is 0.254 e. The standard InChI is InChI=1S/C23H29BrN2O4/c1-3-17(2)26(23(28)18-8-10-19(24)11-9-18)16-22(27)25(14-20-6-4-12-29-20)15-21-7-5-13-30-21/h4,6,8-12,17,21H,3,5,7,13-16H2,1-2H3. The van der Waals surface area contributed by atoms with E-state index in [2.05, 4.69) is 15.9 Å². The summed E-state index contributed by atoms with van der Waals surface area (Å²) < 4.78 is 12.1. The fourth-order valence-electron chi connectivity index (χ4n) is 3.53. The van der Waals surface area contributed by atoms with E-state index in [4.69, 9.17) is 9.15 Å². The van der Waals surface area contributed by atoms with Gasteiger partial charge < -0.3 is 19.0 Å². The molecule has 7 heteroatoms. The highest BCUT2D eigenvalue weighted by atomic mass is 79.9. The first-order chi connectivity index (χ1) is 14.5. The first-order valence-electron chi connectivity index (χ1n) is 10.5. The van der Waals surface area contributed by atoms with Crippen LogP contribution in [0, 0.1) is 0 Å². The Bertz CT molecular complexity index is 816. The van der Waals surface area contributed by atoms with E-state index in [9.17, 15) is 9.59 Å². The van der Waals surface area contributed by atoms with Crippen LogP contribution in [0.1, 0.15) is 49.2 Å². The molecule has 2 heterocycles. The molecule has 1 saturated heterocycles. The summed E-state index contributed by atoms with van der Waals surface area (Å²) in [6, 6.07) is 10.8. The van der Waals surface area contributed by atoms with Gasteiger partial charge in [0.05, 0.1) is 18.9 Å². The van der Waals surface area contributed by atoms with Gasteiger partial charge in [0.1, 0.15) is 12.3 Å². The Kier molecular flexibility index (Phi) is 8.10. The van der Waals surface area contributed by atoms with E-state index in [0.29, 0.717) is 18.7 Å². The van der Waals surface area contributed by atoms with Crippen molar-refractivity contribution in [1.29, 1.82) is 0 Å². The van der Waals surface area contributed by atoms with Crippen LogP contribution >= 0.6 is 15.9 Å². The van der Waals surface area contributed by atoms with E-state index >= 15 is 0 Å². The van der Waals surface area contributed by atoms with Crippen LogP contribution in [0.25, 0.3) is 0 Å². The maximum absolute atomic E-state index is 13.3. The van der Waals surface area contributed by atoms with Gasteiger partial charge in [-0.05, 0) is 62.6 Å². The van der Waals surface area contributed by atoms with Crippen LogP contribution in [-0.2, 0) is 16.1 Å². The summed E-state index contributed by atoms with van der Waals surface area (Å²) in [4.78, 5) is 29.9. The SMILES string of the molecule is CCC(C)N(CC(=O)N(Cc1ccco1)CC1CCCO1)C(=O)c1ccc(Br)cc1. The Balaban J connectivity index is 1.76. The van der Waals surface area contributed by atoms with E-state index < -0.39 is 0 Å². The van der Waals surface area contributed by atoms with Crippen molar-refractivity contribution in [3.05, 3.63) is 58.5 Å². The number of nitrogens with zero attached hydrogens (tertiary/aromatic N) is 2. The monoisotopic (exact) mass is 476 g/mol. The number of halogens is 1. The van der Waals surface area contributed by atoms with Crippen LogP contribution in [0.15, 0.2) is 51.6 Å². The smallest absolute Gasteiger partial charge is 0.254 e. The third kappa shape index (κ3) is 5.95. The minimum absolute atomic E-state index is 0.0251. The zero-order chi connectivity index (χ0) is 21.5. The molecule has 2 atom stereocenters. The number of hydrogen-bond acceptors (Lipinski definition) is 4. The molecule has 0 radical (unpaired) electrons. The fourth-order valence-corrected chi connectivity index (χ4v) is 3.80. The molecule has 6 nitrogen and oxygen atoms in total. The lowest BCUT2D eigenvalue weighted by atomic mass is 10.1. The summed E-state index contributed by atoms with van der Waals surface area (Å²) in [5.74, 6) is 0.476. The van der Waals surface area contributed by atoms with Crippen LogP contribution in [0.5, 0.6) is 0 Å². The first kappa shape index (κ1) is 22.6. The van der Waals surface area contributed by atoms with Gasteiger partial charge in [-0.25, -0.2) is 0 Å². The Hall–Kier alpha value is -2.12. The number of hydrogen-bond donors (Lipinski definition) is 0. The van der Waals surface area contributed by atoms with E-state index in [1.807, 2.05) is 38.1 Å². The number of ether oxygens (including phenoxy) is 1. The Morgan fingerprint density at radius 3 is 2.60 bits per heavy atom. The van der Waals surface area contributed by atoms with Crippen molar-refractivity contribution in [2.75, 3.05) is 19.7 Å². The number of rotatable bonds is 9. The molecule has 1 aromatic heterocycles. The van der Waals surface area contributed by atoms with Crippen LogP contribution < -0.4 is 0 Å². The Morgan fingerprint density at radius 2 is 2.00 bits per heavy atom. The second-order valence-corrected chi connectivity index (χ2v) is 8.60. The largest absolute Gasteiger partial charge is 0.467 e. The molecule has 1 aliphatic heterocycles. The van der Waals surface area contributed by atoms with Gasteiger partial charge in [-0.2, -0.15) is 0 Å². The minimum Gasteiger partial charge on any atom is -0.467 e. The molecular formula is C23H29BrN2O4. The summed E-state index contributed by atoms with van der Waals surface area (Å²) in [7, 11) is 0. The van der Waals surface area contributed by atoms with Gasteiger partial charge >= 0.3 is 0 Å². The molecule has 2 unspecified atom stereocenters. The topological polar surface area (TPSA) is 63.0 Å². The highest BCUT2D eigenvalue weighted by Crippen LogP contribution is 2.18. The predicted molar refractivity (Wildman–Crippen MR) is 118 cm³/mol.